The Hall–Kier alpha value is -2.14. The highest BCUT2D eigenvalue weighted by atomic mass is 16.3. The Balaban J connectivity index is 1.97. The minimum Gasteiger partial charge on any atom is -0.396 e. The van der Waals surface area contributed by atoms with E-state index in [-0.39, 0.29) is 18.4 Å². The highest BCUT2D eigenvalue weighted by molar-refractivity contribution is 5.92. The monoisotopic (exact) mass is 287 g/mol. The number of hydrogen-bond acceptors (Lipinski definition) is 3. The van der Waals surface area contributed by atoms with Gasteiger partial charge in [-0.2, -0.15) is 5.10 Å². The van der Waals surface area contributed by atoms with Crippen molar-refractivity contribution in [3.05, 3.63) is 53.3 Å². The molecule has 0 aliphatic rings. The van der Waals surface area contributed by atoms with Crippen molar-refractivity contribution >= 4 is 5.91 Å². The van der Waals surface area contributed by atoms with Crippen molar-refractivity contribution in [3.63, 3.8) is 0 Å². The molecule has 5 heteroatoms. The minimum absolute atomic E-state index is 0.0951. The Morgan fingerprint density at radius 3 is 2.76 bits per heavy atom. The van der Waals surface area contributed by atoms with Crippen molar-refractivity contribution < 1.29 is 9.90 Å². The van der Waals surface area contributed by atoms with Gasteiger partial charge in [0.2, 0.25) is 0 Å². The Morgan fingerprint density at radius 1 is 1.38 bits per heavy atom. The summed E-state index contributed by atoms with van der Waals surface area (Å²) in [5.41, 5.74) is 2.46. The van der Waals surface area contributed by atoms with E-state index in [1.807, 2.05) is 37.3 Å². The van der Waals surface area contributed by atoms with Gasteiger partial charge in [-0.1, -0.05) is 37.3 Å². The molecule has 1 atom stereocenters. The summed E-state index contributed by atoms with van der Waals surface area (Å²) in [6.45, 7) is 2.58. The number of hydrogen-bond donors (Lipinski definition) is 3. The topological polar surface area (TPSA) is 78.0 Å². The SMILES string of the molecule is CCc1cc(C(=O)NCC(CCO)c2ccccc2)n[nH]1. The molecular weight excluding hydrogens is 266 g/mol. The van der Waals surface area contributed by atoms with Crippen molar-refractivity contribution in [2.45, 2.75) is 25.7 Å². The molecule has 0 radical (unpaired) electrons. The number of benzene rings is 1. The first-order chi connectivity index (χ1) is 10.2. The van der Waals surface area contributed by atoms with Crippen LogP contribution in [0.2, 0.25) is 0 Å². The number of amides is 1. The molecule has 0 saturated heterocycles. The van der Waals surface area contributed by atoms with Crippen LogP contribution in [-0.2, 0) is 6.42 Å². The number of aryl methyl sites for hydroxylation is 1. The highest BCUT2D eigenvalue weighted by Gasteiger charge is 2.14. The second-order valence-electron chi connectivity index (χ2n) is 4.96. The molecule has 2 aromatic rings. The summed E-state index contributed by atoms with van der Waals surface area (Å²) in [5.74, 6) is -0.0884. The molecule has 0 aliphatic carbocycles. The van der Waals surface area contributed by atoms with Gasteiger partial charge in [0.15, 0.2) is 0 Å². The van der Waals surface area contributed by atoms with Crippen LogP contribution in [0.15, 0.2) is 36.4 Å². The summed E-state index contributed by atoms with van der Waals surface area (Å²) in [6, 6.07) is 11.7. The van der Waals surface area contributed by atoms with Crippen LogP contribution in [0.25, 0.3) is 0 Å². The molecule has 21 heavy (non-hydrogen) atoms. The van der Waals surface area contributed by atoms with E-state index in [0.717, 1.165) is 17.7 Å². The smallest absolute Gasteiger partial charge is 0.271 e. The number of aliphatic hydroxyl groups excluding tert-OH is 1. The van der Waals surface area contributed by atoms with E-state index in [0.29, 0.717) is 18.7 Å². The number of aliphatic hydroxyl groups is 1. The van der Waals surface area contributed by atoms with E-state index < -0.39 is 0 Å². The van der Waals surface area contributed by atoms with Crippen LogP contribution in [0.4, 0.5) is 0 Å². The number of nitrogens with zero attached hydrogens (tertiary/aromatic N) is 1. The minimum atomic E-state index is -0.190. The zero-order valence-corrected chi connectivity index (χ0v) is 12.2. The molecule has 1 aromatic heterocycles. The largest absolute Gasteiger partial charge is 0.396 e. The fourth-order valence-corrected chi connectivity index (χ4v) is 2.23. The van der Waals surface area contributed by atoms with E-state index in [1.165, 1.54) is 0 Å². The number of aromatic amines is 1. The number of carbonyl (C=O) groups is 1. The third kappa shape index (κ3) is 4.16. The number of nitrogens with one attached hydrogen (secondary N) is 2. The summed E-state index contributed by atoms with van der Waals surface area (Å²) in [6.07, 6.45) is 1.43. The van der Waals surface area contributed by atoms with E-state index in [9.17, 15) is 9.90 Å². The summed E-state index contributed by atoms with van der Waals surface area (Å²) in [4.78, 5) is 12.1. The number of H-pyrrole nitrogens is 1. The fraction of sp³-hybridized carbons (Fsp3) is 0.375. The molecule has 1 unspecified atom stereocenters. The number of rotatable bonds is 7. The van der Waals surface area contributed by atoms with Gasteiger partial charge < -0.3 is 10.4 Å². The molecule has 2 rings (SSSR count). The van der Waals surface area contributed by atoms with E-state index in [1.54, 1.807) is 6.07 Å². The van der Waals surface area contributed by atoms with Crippen LogP contribution in [0.5, 0.6) is 0 Å². The first-order valence-corrected chi connectivity index (χ1v) is 7.22. The third-order valence-corrected chi connectivity index (χ3v) is 3.50. The Morgan fingerprint density at radius 2 is 2.14 bits per heavy atom. The average Bonchev–Trinajstić information content (AvgIpc) is 3.01. The predicted molar refractivity (Wildman–Crippen MR) is 81.2 cm³/mol. The standard InChI is InChI=1S/C16H21N3O2/c1-2-14-10-15(19-18-14)16(21)17-11-13(8-9-20)12-6-4-3-5-7-12/h3-7,10,13,20H,2,8-9,11H2,1H3,(H,17,21)(H,18,19). The Bertz CT molecular complexity index is 566. The van der Waals surface area contributed by atoms with Crippen LogP contribution in [0.1, 0.15) is 41.0 Å². The molecule has 0 fully saturated rings. The van der Waals surface area contributed by atoms with Gasteiger partial charge in [-0.05, 0) is 24.5 Å². The first kappa shape index (κ1) is 15.3. The Labute approximate surface area is 124 Å². The molecule has 0 spiro atoms. The lowest BCUT2D eigenvalue weighted by atomic mass is 9.96. The normalized spacial score (nSPS) is 12.1. The van der Waals surface area contributed by atoms with Crippen LogP contribution < -0.4 is 5.32 Å². The van der Waals surface area contributed by atoms with Crippen molar-refractivity contribution in [1.82, 2.24) is 15.5 Å². The van der Waals surface area contributed by atoms with E-state index in [4.69, 9.17) is 0 Å². The fourth-order valence-electron chi connectivity index (χ4n) is 2.23. The zero-order valence-electron chi connectivity index (χ0n) is 12.2. The van der Waals surface area contributed by atoms with Gasteiger partial charge in [0.25, 0.3) is 5.91 Å². The van der Waals surface area contributed by atoms with E-state index in [2.05, 4.69) is 15.5 Å². The summed E-state index contributed by atoms with van der Waals surface area (Å²) in [5, 5.41) is 18.9. The van der Waals surface area contributed by atoms with Crippen LogP contribution >= 0.6 is 0 Å². The van der Waals surface area contributed by atoms with Gasteiger partial charge in [-0.25, -0.2) is 0 Å². The lowest BCUT2D eigenvalue weighted by Gasteiger charge is -2.16. The van der Waals surface area contributed by atoms with E-state index >= 15 is 0 Å². The molecule has 1 aromatic carbocycles. The quantitative estimate of drug-likeness (QED) is 0.727. The number of aromatic nitrogens is 2. The van der Waals surface area contributed by atoms with Crippen LogP contribution in [0.3, 0.4) is 0 Å². The summed E-state index contributed by atoms with van der Waals surface area (Å²) < 4.78 is 0. The summed E-state index contributed by atoms with van der Waals surface area (Å²) >= 11 is 0. The molecule has 1 amide bonds. The highest BCUT2D eigenvalue weighted by Crippen LogP contribution is 2.18. The van der Waals surface area contributed by atoms with Gasteiger partial charge in [-0.3, -0.25) is 9.89 Å². The zero-order chi connectivity index (χ0) is 15.1. The average molecular weight is 287 g/mol. The van der Waals surface area contributed by atoms with Gasteiger partial charge in [0.05, 0.1) is 0 Å². The van der Waals surface area contributed by atoms with Gasteiger partial charge >= 0.3 is 0 Å². The van der Waals surface area contributed by atoms with Crippen molar-refractivity contribution in [1.29, 1.82) is 0 Å². The van der Waals surface area contributed by atoms with Crippen molar-refractivity contribution in [2.75, 3.05) is 13.2 Å². The molecule has 5 nitrogen and oxygen atoms in total. The predicted octanol–water partition coefficient (Wildman–Crippen LogP) is 1.87. The second kappa shape index (κ2) is 7.59. The second-order valence-corrected chi connectivity index (χ2v) is 4.96. The molecule has 0 saturated carbocycles. The maximum absolute atomic E-state index is 12.1. The lowest BCUT2D eigenvalue weighted by Crippen LogP contribution is -2.29. The van der Waals surface area contributed by atoms with Gasteiger partial charge in [0, 0.05) is 24.8 Å². The molecule has 112 valence electrons. The van der Waals surface area contributed by atoms with Gasteiger partial charge in [0.1, 0.15) is 5.69 Å². The Kier molecular flexibility index (Phi) is 5.51. The third-order valence-electron chi connectivity index (χ3n) is 3.50. The molecule has 0 aliphatic heterocycles. The lowest BCUT2D eigenvalue weighted by molar-refractivity contribution is 0.0944. The molecule has 1 heterocycles. The molecular formula is C16H21N3O2. The first-order valence-electron chi connectivity index (χ1n) is 7.22. The van der Waals surface area contributed by atoms with Crippen molar-refractivity contribution in [2.24, 2.45) is 0 Å². The molecule has 0 bridgehead atoms. The van der Waals surface area contributed by atoms with Crippen LogP contribution in [-0.4, -0.2) is 34.4 Å². The number of carbonyl (C=O) groups excluding carboxylic acids is 1. The maximum atomic E-state index is 12.1. The molecule has 3 N–H and O–H groups in total. The summed E-state index contributed by atoms with van der Waals surface area (Å²) in [7, 11) is 0. The van der Waals surface area contributed by atoms with Crippen LogP contribution in [0, 0.1) is 0 Å². The maximum Gasteiger partial charge on any atom is 0.271 e. The van der Waals surface area contributed by atoms with Crippen molar-refractivity contribution in [3.8, 4) is 0 Å². The van der Waals surface area contributed by atoms with Gasteiger partial charge in [-0.15, -0.1) is 0 Å².